The number of anilines is 2. The summed E-state index contributed by atoms with van der Waals surface area (Å²) in [4.78, 5) is 17.0. The Bertz CT molecular complexity index is 1350. The van der Waals surface area contributed by atoms with E-state index in [-0.39, 0.29) is 21.5 Å². The maximum Gasteiger partial charge on any atom is 0.262 e. The summed E-state index contributed by atoms with van der Waals surface area (Å²) in [7, 11) is -3.89. The Hall–Kier alpha value is -3.42. The smallest absolute Gasteiger partial charge is 0.262 e. The summed E-state index contributed by atoms with van der Waals surface area (Å²) < 4.78 is 28.0. The average Bonchev–Trinajstić information content (AvgIpc) is 2.75. The van der Waals surface area contributed by atoms with Crippen LogP contribution in [0.2, 0.25) is 5.02 Å². The molecule has 0 spiro atoms. The van der Waals surface area contributed by atoms with Crippen LogP contribution in [0.25, 0.3) is 10.9 Å². The molecule has 6 nitrogen and oxygen atoms in total. The van der Waals surface area contributed by atoms with Crippen molar-refractivity contribution in [3.8, 4) is 0 Å². The number of amides is 1. The Morgan fingerprint density at radius 1 is 0.900 bits per heavy atom. The second-order valence-corrected chi connectivity index (χ2v) is 8.53. The average molecular weight is 438 g/mol. The van der Waals surface area contributed by atoms with E-state index in [1.807, 2.05) is 24.3 Å². The first-order chi connectivity index (χ1) is 14.4. The van der Waals surface area contributed by atoms with Crippen molar-refractivity contribution in [3.05, 3.63) is 95.6 Å². The van der Waals surface area contributed by atoms with E-state index in [0.29, 0.717) is 22.2 Å². The van der Waals surface area contributed by atoms with Crippen molar-refractivity contribution in [3.63, 3.8) is 0 Å². The van der Waals surface area contributed by atoms with Gasteiger partial charge in [-0.15, -0.1) is 0 Å². The minimum absolute atomic E-state index is 0.000180. The Morgan fingerprint density at radius 2 is 1.67 bits per heavy atom. The third-order valence-electron chi connectivity index (χ3n) is 4.41. The number of carbonyl (C=O) groups excluding carboxylic acids is 1. The SMILES string of the molecule is O=C(Nc1cccc(S(=O)(=O)Nc2ccccc2Cl)c1)c1ccnc2ccccc12. The lowest BCUT2D eigenvalue weighted by atomic mass is 10.1. The van der Waals surface area contributed by atoms with Gasteiger partial charge in [0.25, 0.3) is 15.9 Å². The highest BCUT2D eigenvalue weighted by Gasteiger charge is 2.17. The quantitative estimate of drug-likeness (QED) is 0.462. The monoisotopic (exact) mass is 437 g/mol. The first-order valence-electron chi connectivity index (χ1n) is 8.96. The zero-order valence-corrected chi connectivity index (χ0v) is 17.1. The van der Waals surface area contributed by atoms with E-state index in [1.165, 1.54) is 12.1 Å². The highest BCUT2D eigenvalue weighted by atomic mass is 35.5. The predicted molar refractivity (Wildman–Crippen MR) is 118 cm³/mol. The van der Waals surface area contributed by atoms with Crippen LogP contribution < -0.4 is 10.0 Å². The fourth-order valence-corrected chi connectivity index (χ4v) is 4.35. The Balaban J connectivity index is 1.60. The number of nitrogens with zero attached hydrogens (tertiary/aromatic N) is 1. The molecule has 1 aromatic heterocycles. The van der Waals surface area contributed by atoms with Crippen LogP contribution in [0.1, 0.15) is 10.4 Å². The molecule has 0 saturated carbocycles. The standard InChI is InChI=1S/C22H16ClN3O3S/c23-19-9-2-4-11-21(19)26-30(28,29)16-7-5-6-15(14-16)25-22(27)18-12-13-24-20-10-3-1-8-17(18)20/h1-14,26H,(H,25,27). The van der Waals surface area contributed by atoms with Crippen LogP contribution in [-0.2, 0) is 10.0 Å². The van der Waals surface area contributed by atoms with Gasteiger partial charge in [0.1, 0.15) is 0 Å². The lowest BCUT2D eigenvalue weighted by molar-refractivity contribution is 0.102. The number of nitrogens with one attached hydrogen (secondary N) is 2. The fourth-order valence-electron chi connectivity index (χ4n) is 2.98. The van der Waals surface area contributed by atoms with Gasteiger partial charge in [-0.1, -0.05) is 48.0 Å². The van der Waals surface area contributed by atoms with Crippen molar-refractivity contribution in [1.82, 2.24) is 4.98 Å². The maximum absolute atomic E-state index is 12.8. The number of benzene rings is 3. The summed E-state index contributed by atoms with van der Waals surface area (Å²) in [6.45, 7) is 0. The molecule has 150 valence electrons. The molecule has 0 aliphatic heterocycles. The van der Waals surface area contributed by atoms with Crippen molar-refractivity contribution in [2.24, 2.45) is 0 Å². The molecule has 2 N–H and O–H groups in total. The molecule has 8 heteroatoms. The van der Waals surface area contributed by atoms with Crippen LogP contribution in [0.5, 0.6) is 0 Å². The fraction of sp³-hybridized carbons (Fsp3) is 0. The molecular formula is C22H16ClN3O3S. The number of halogens is 1. The van der Waals surface area contributed by atoms with Gasteiger partial charge in [0, 0.05) is 17.3 Å². The molecule has 0 aliphatic rings. The summed E-state index contributed by atoms with van der Waals surface area (Å²) in [6.07, 6.45) is 1.56. The number of pyridine rings is 1. The lowest BCUT2D eigenvalue weighted by Crippen LogP contribution is -2.15. The van der Waals surface area contributed by atoms with Gasteiger partial charge >= 0.3 is 0 Å². The predicted octanol–water partition coefficient (Wildman–Crippen LogP) is 4.94. The van der Waals surface area contributed by atoms with Crippen molar-refractivity contribution in [2.45, 2.75) is 4.90 Å². The number of fused-ring (bicyclic) bond motifs is 1. The van der Waals surface area contributed by atoms with Gasteiger partial charge in [-0.25, -0.2) is 8.42 Å². The summed E-state index contributed by atoms with van der Waals surface area (Å²) in [5, 5.41) is 3.75. The van der Waals surface area contributed by atoms with E-state index in [9.17, 15) is 13.2 Å². The molecule has 1 amide bonds. The minimum atomic E-state index is -3.89. The van der Waals surface area contributed by atoms with Crippen LogP contribution >= 0.6 is 11.6 Å². The zero-order chi connectivity index (χ0) is 21.1. The van der Waals surface area contributed by atoms with E-state index in [2.05, 4.69) is 15.0 Å². The molecule has 4 rings (SSSR count). The Labute approximate surface area is 178 Å². The maximum atomic E-state index is 12.8. The van der Waals surface area contributed by atoms with Crippen molar-refractivity contribution in [1.29, 1.82) is 0 Å². The highest BCUT2D eigenvalue weighted by Crippen LogP contribution is 2.25. The molecular weight excluding hydrogens is 422 g/mol. The number of rotatable bonds is 5. The number of carbonyl (C=O) groups is 1. The van der Waals surface area contributed by atoms with E-state index >= 15 is 0 Å². The van der Waals surface area contributed by atoms with Gasteiger partial charge in [-0.05, 0) is 42.5 Å². The van der Waals surface area contributed by atoms with Crippen LogP contribution in [-0.4, -0.2) is 19.3 Å². The Kier molecular flexibility index (Phi) is 5.39. The molecule has 3 aromatic carbocycles. The molecule has 4 aromatic rings. The summed E-state index contributed by atoms with van der Waals surface area (Å²) in [5.74, 6) is -0.359. The van der Waals surface area contributed by atoms with Crippen LogP contribution in [0, 0.1) is 0 Å². The van der Waals surface area contributed by atoms with E-state index < -0.39 is 10.0 Å². The van der Waals surface area contributed by atoms with E-state index in [4.69, 9.17) is 11.6 Å². The van der Waals surface area contributed by atoms with Crippen LogP contribution in [0.4, 0.5) is 11.4 Å². The number of hydrogen-bond acceptors (Lipinski definition) is 4. The molecule has 0 atom stereocenters. The second-order valence-electron chi connectivity index (χ2n) is 6.44. The third-order valence-corrected chi connectivity index (χ3v) is 6.11. The Morgan fingerprint density at radius 3 is 2.50 bits per heavy atom. The van der Waals surface area contributed by atoms with Gasteiger partial charge in [0.05, 0.1) is 26.7 Å². The first-order valence-corrected chi connectivity index (χ1v) is 10.8. The van der Waals surface area contributed by atoms with Crippen molar-refractivity contribution >= 4 is 49.8 Å². The summed E-state index contributed by atoms with van der Waals surface area (Å²) >= 11 is 6.04. The van der Waals surface area contributed by atoms with E-state index in [0.717, 1.165) is 0 Å². The molecule has 0 bridgehead atoms. The first kappa shape index (κ1) is 19.9. The number of aromatic nitrogens is 1. The lowest BCUT2D eigenvalue weighted by Gasteiger charge is -2.12. The minimum Gasteiger partial charge on any atom is -0.322 e. The molecule has 1 heterocycles. The van der Waals surface area contributed by atoms with Gasteiger partial charge < -0.3 is 5.32 Å². The summed E-state index contributed by atoms with van der Waals surface area (Å²) in [5.41, 5.74) is 1.77. The van der Waals surface area contributed by atoms with Crippen molar-refractivity contribution in [2.75, 3.05) is 10.0 Å². The summed E-state index contributed by atoms with van der Waals surface area (Å²) in [6, 6.07) is 21.5. The molecule has 30 heavy (non-hydrogen) atoms. The topological polar surface area (TPSA) is 88.2 Å². The van der Waals surface area contributed by atoms with Gasteiger partial charge in [-0.2, -0.15) is 0 Å². The molecule has 0 fully saturated rings. The number of hydrogen-bond donors (Lipinski definition) is 2. The van der Waals surface area contributed by atoms with Crippen LogP contribution in [0.3, 0.4) is 0 Å². The highest BCUT2D eigenvalue weighted by molar-refractivity contribution is 7.92. The van der Waals surface area contributed by atoms with Gasteiger partial charge in [0.15, 0.2) is 0 Å². The molecule has 0 saturated heterocycles. The van der Waals surface area contributed by atoms with Gasteiger partial charge in [-0.3, -0.25) is 14.5 Å². The van der Waals surface area contributed by atoms with Crippen LogP contribution in [0.15, 0.2) is 90.0 Å². The number of sulfonamides is 1. The third kappa shape index (κ3) is 4.12. The van der Waals surface area contributed by atoms with Crippen molar-refractivity contribution < 1.29 is 13.2 Å². The normalized spacial score (nSPS) is 11.2. The molecule has 0 unspecified atom stereocenters. The molecule has 0 aliphatic carbocycles. The number of para-hydroxylation sites is 2. The largest absolute Gasteiger partial charge is 0.322 e. The second kappa shape index (κ2) is 8.14. The van der Waals surface area contributed by atoms with E-state index in [1.54, 1.807) is 48.7 Å². The molecule has 0 radical (unpaired) electrons. The zero-order valence-electron chi connectivity index (χ0n) is 15.5. The van der Waals surface area contributed by atoms with Gasteiger partial charge in [0.2, 0.25) is 0 Å².